The molecule has 0 bridgehead atoms. The van der Waals surface area contributed by atoms with E-state index in [1.807, 2.05) is 4.90 Å². The van der Waals surface area contributed by atoms with E-state index in [2.05, 4.69) is 16.7 Å². The van der Waals surface area contributed by atoms with E-state index in [-0.39, 0.29) is 17.4 Å². The lowest BCUT2D eigenvalue weighted by Crippen LogP contribution is -2.55. The van der Waals surface area contributed by atoms with E-state index < -0.39 is 0 Å². The summed E-state index contributed by atoms with van der Waals surface area (Å²) in [5, 5.41) is 0. The summed E-state index contributed by atoms with van der Waals surface area (Å²) in [5.41, 5.74) is -0.110. The highest BCUT2D eigenvalue weighted by Gasteiger charge is 2.48. The Labute approximate surface area is 156 Å². The molecule has 0 N–H and O–H groups in total. The molecular weight excluding hydrogens is 330 g/mol. The van der Waals surface area contributed by atoms with Crippen LogP contribution in [0.4, 0.5) is 0 Å². The highest BCUT2D eigenvalue weighted by molar-refractivity contribution is 5.85. The van der Waals surface area contributed by atoms with Crippen LogP contribution in [0.25, 0.3) is 0 Å². The highest BCUT2D eigenvalue weighted by atomic mass is 16.5. The first-order valence-electron chi connectivity index (χ1n) is 10.5. The number of morpholine rings is 1. The lowest BCUT2D eigenvalue weighted by atomic mass is 10.00. The van der Waals surface area contributed by atoms with Gasteiger partial charge in [0.2, 0.25) is 11.8 Å². The van der Waals surface area contributed by atoms with Crippen molar-refractivity contribution in [1.82, 2.24) is 14.7 Å². The van der Waals surface area contributed by atoms with Crippen molar-refractivity contribution < 1.29 is 14.3 Å². The second-order valence-electron chi connectivity index (χ2n) is 8.87. The minimum atomic E-state index is -0.110. The van der Waals surface area contributed by atoms with E-state index in [0.29, 0.717) is 11.8 Å². The lowest BCUT2D eigenvalue weighted by Gasteiger charge is -2.41. The summed E-state index contributed by atoms with van der Waals surface area (Å²) in [7, 11) is 0. The van der Waals surface area contributed by atoms with Crippen molar-refractivity contribution in [2.45, 2.75) is 51.5 Å². The second kappa shape index (κ2) is 7.47. The molecule has 4 aliphatic rings. The van der Waals surface area contributed by atoms with Crippen molar-refractivity contribution in [3.63, 3.8) is 0 Å². The number of piperidine rings is 1. The molecule has 2 amide bonds. The molecule has 1 atom stereocenters. The molecule has 0 spiro atoms. The minimum absolute atomic E-state index is 0.110. The molecule has 2 aliphatic heterocycles. The van der Waals surface area contributed by atoms with Gasteiger partial charge < -0.3 is 14.5 Å². The average Bonchev–Trinajstić information content (AvgIpc) is 3.59. The van der Waals surface area contributed by atoms with Crippen LogP contribution in [0.2, 0.25) is 0 Å². The lowest BCUT2D eigenvalue weighted by molar-refractivity contribution is -0.143. The molecule has 0 aromatic carbocycles. The smallest absolute Gasteiger partial charge is 0.228 e. The molecule has 2 aliphatic carbocycles. The number of nitrogens with zero attached hydrogens (tertiary/aromatic N) is 3. The number of hydrogen-bond donors (Lipinski definition) is 0. The number of likely N-dealkylation sites (tertiary alicyclic amines) is 1. The first-order chi connectivity index (χ1) is 12.6. The summed E-state index contributed by atoms with van der Waals surface area (Å²) in [5.74, 6) is 0.885. The van der Waals surface area contributed by atoms with Gasteiger partial charge in [-0.15, -0.1) is 0 Å². The topological polar surface area (TPSA) is 53.1 Å². The Hall–Kier alpha value is -1.14. The monoisotopic (exact) mass is 363 g/mol. The Morgan fingerprint density at radius 2 is 1.85 bits per heavy atom. The Morgan fingerprint density at radius 1 is 1.12 bits per heavy atom. The van der Waals surface area contributed by atoms with Gasteiger partial charge in [-0.3, -0.25) is 14.5 Å². The summed E-state index contributed by atoms with van der Waals surface area (Å²) < 4.78 is 5.43. The molecule has 146 valence electrons. The van der Waals surface area contributed by atoms with Crippen LogP contribution < -0.4 is 0 Å². The van der Waals surface area contributed by atoms with E-state index in [1.165, 1.54) is 0 Å². The first kappa shape index (κ1) is 18.2. The fourth-order valence-corrected chi connectivity index (χ4v) is 4.29. The van der Waals surface area contributed by atoms with Crippen LogP contribution in [0.15, 0.2) is 0 Å². The third-order valence-corrected chi connectivity index (χ3v) is 6.61. The zero-order chi connectivity index (χ0) is 18.1. The molecule has 2 heterocycles. The Bertz CT molecular complexity index is 538. The van der Waals surface area contributed by atoms with Gasteiger partial charge in [0.1, 0.15) is 0 Å². The van der Waals surface area contributed by atoms with E-state index in [0.717, 1.165) is 91.0 Å². The van der Waals surface area contributed by atoms with Gasteiger partial charge in [0, 0.05) is 56.6 Å². The van der Waals surface area contributed by atoms with Gasteiger partial charge in [-0.25, -0.2) is 0 Å². The normalized spacial score (nSPS) is 28.7. The predicted octanol–water partition coefficient (Wildman–Crippen LogP) is 1.35. The van der Waals surface area contributed by atoms with E-state index in [4.69, 9.17) is 4.74 Å². The molecule has 2 saturated carbocycles. The standard InChI is InChI=1S/C20H33N3O3/c1-20(6-7-20)19(25)22-8-2-3-17(15-22)23(18(24)16-4-5-16)10-9-21-11-13-26-14-12-21/h16-17H,2-15H2,1H3. The first-order valence-corrected chi connectivity index (χ1v) is 10.5. The zero-order valence-corrected chi connectivity index (χ0v) is 16.1. The van der Waals surface area contributed by atoms with Crippen molar-refractivity contribution in [2.24, 2.45) is 11.3 Å². The van der Waals surface area contributed by atoms with Crippen molar-refractivity contribution >= 4 is 11.8 Å². The molecule has 0 aromatic rings. The molecule has 4 fully saturated rings. The maximum absolute atomic E-state index is 12.9. The quantitative estimate of drug-likeness (QED) is 0.715. The maximum atomic E-state index is 12.9. The molecule has 1 unspecified atom stereocenters. The summed E-state index contributed by atoms with van der Waals surface area (Å²) in [6.45, 7) is 8.89. The van der Waals surface area contributed by atoms with Crippen molar-refractivity contribution in [3.8, 4) is 0 Å². The molecule has 6 heteroatoms. The SMILES string of the molecule is CC1(C(=O)N2CCCC(N(CCN3CCOCC3)C(=O)C3CC3)C2)CC1. The molecule has 4 rings (SSSR count). The van der Waals surface area contributed by atoms with Crippen LogP contribution in [0.3, 0.4) is 0 Å². The van der Waals surface area contributed by atoms with Crippen LogP contribution in [-0.2, 0) is 14.3 Å². The summed E-state index contributed by atoms with van der Waals surface area (Å²) in [4.78, 5) is 32.3. The predicted molar refractivity (Wildman–Crippen MR) is 98.6 cm³/mol. The van der Waals surface area contributed by atoms with Gasteiger partial charge >= 0.3 is 0 Å². The Balaban J connectivity index is 1.38. The zero-order valence-electron chi connectivity index (χ0n) is 16.1. The van der Waals surface area contributed by atoms with Crippen LogP contribution >= 0.6 is 0 Å². The molecule has 2 saturated heterocycles. The number of carbonyl (C=O) groups excluding carboxylic acids is 2. The van der Waals surface area contributed by atoms with Crippen LogP contribution in [0.1, 0.15) is 45.4 Å². The van der Waals surface area contributed by atoms with Gasteiger partial charge in [0.15, 0.2) is 0 Å². The summed E-state index contributed by atoms with van der Waals surface area (Å²) >= 11 is 0. The Kier molecular flexibility index (Phi) is 5.24. The average molecular weight is 364 g/mol. The fourth-order valence-electron chi connectivity index (χ4n) is 4.29. The van der Waals surface area contributed by atoms with E-state index in [9.17, 15) is 9.59 Å². The number of ether oxygens (including phenoxy) is 1. The molecular formula is C20H33N3O3. The van der Waals surface area contributed by atoms with Gasteiger partial charge in [0.25, 0.3) is 0 Å². The van der Waals surface area contributed by atoms with Crippen molar-refractivity contribution in [3.05, 3.63) is 0 Å². The minimum Gasteiger partial charge on any atom is -0.379 e. The number of amides is 2. The summed E-state index contributed by atoms with van der Waals surface area (Å²) in [6, 6.07) is 0.198. The maximum Gasteiger partial charge on any atom is 0.228 e. The van der Waals surface area contributed by atoms with E-state index in [1.54, 1.807) is 0 Å². The Morgan fingerprint density at radius 3 is 2.50 bits per heavy atom. The van der Waals surface area contributed by atoms with Crippen molar-refractivity contribution in [2.75, 3.05) is 52.5 Å². The van der Waals surface area contributed by atoms with Gasteiger partial charge in [-0.1, -0.05) is 6.92 Å². The number of rotatable bonds is 6. The fraction of sp³-hybridized carbons (Fsp3) is 0.900. The second-order valence-corrected chi connectivity index (χ2v) is 8.87. The highest BCUT2D eigenvalue weighted by Crippen LogP contribution is 2.47. The van der Waals surface area contributed by atoms with Gasteiger partial charge in [-0.05, 0) is 38.5 Å². The third-order valence-electron chi connectivity index (χ3n) is 6.61. The van der Waals surface area contributed by atoms with Crippen LogP contribution in [0, 0.1) is 11.3 Å². The summed E-state index contributed by atoms with van der Waals surface area (Å²) in [6.07, 6.45) is 6.17. The molecule has 0 radical (unpaired) electrons. The molecule has 0 aromatic heterocycles. The largest absolute Gasteiger partial charge is 0.379 e. The molecule has 26 heavy (non-hydrogen) atoms. The molecule has 6 nitrogen and oxygen atoms in total. The van der Waals surface area contributed by atoms with Gasteiger partial charge in [-0.2, -0.15) is 0 Å². The van der Waals surface area contributed by atoms with E-state index >= 15 is 0 Å². The third kappa shape index (κ3) is 4.06. The van der Waals surface area contributed by atoms with Crippen molar-refractivity contribution in [1.29, 1.82) is 0 Å². The van der Waals surface area contributed by atoms with Crippen LogP contribution in [-0.4, -0.2) is 85.0 Å². The number of hydrogen-bond acceptors (Lipinski definition) is 4. The van der Waals surface area contributed by atoms with Gasteiger partial charge in [0.05, 0.1) is 13.2 Å². The number of carbonyl (C=O) groups is 2. The van der Waals surface area contributed by atoms with Crippen LogP contribution in [0.5, 0.6) is 0 Å².